The van der Waals surface area contributed by atoms with Crippen molar-refractivity contribution >= 4 is 11.9 Å². The van der Waals surface area contributed by atoms with Gasteiger partial charge in [-0.25, -0.2) is 0 Å². The van der Waals surface area contributed by atoms with Crippen molar-refractivity contribution in [1.82, 2.24) is 10.5 Å². The van der Waals surface area contributed by atoms with Gasteiger partial charge in [0.1, 0.15) is 11.7 Å². The molecule has 8 nitrogen and oxygen atoms in total. The molecule has 0 saturated carbocycles. The third-order valence-corrected chi connectivity index (χ3v) is 3.08. The van der Waals surface area contributed by atoms with Gasteiger partial charge in [0, 0.05) is 5.56 Å². The molecule has 0 bridgehead atoms. The Hall–Kier alpha value is -3.47. The topological polar surface area (TPSA) is 149 Å². The highest BCUT2D eigenvalue weighted by molar-refractivity contribution is 5.93. The van der Waals surface area contributed by atoms with Gasteiger partial charge in [0.25, 0.3) is 0 Å². The Labute approximate surface area is 145 Å². The van der Waals surface area contributed by atoms with Crippen LogP contribution < -0.4 is 22.7 Å². The molecule has 0 saturated heterocycles. The van der Waals surface area contributed by atoms with Crippen LogP contribution in [0.15, 0.2) is 63.5 Å². The zero-order valence-electron chi connectivity index (χ0n) is 13.2. The SMILES string of the molecule is NC(C=CC(N)=C(N)NO)=Nc1ncc(-c2ccc(C(F)(F)F)cc2)o1. The molecule has 0 unspecified atom stereocenters. The molecular weight excluding hydrogens is 353 g/mol. The molecule has 0 spiro atoms. The van der Waals surface area contributed by atoms with Crippen LogP contribution in [0.2, 0.25) is 0 Å². The fraction of sp³-hybridized carbons (Fsp3) is 0.0667. The monoisotopic (exact) mass is 368 g/mol. The highest BCUT2D eigenvalue weighted by Gasteiger charge is 2.30. The molecule has 0 radical (unpaired) electrons. The summed E-state index contributed by atoms with van der Waals surface area (Å²) in [7, 11) is 0. The lowest BCUT2D eigenvalue weighted by Gasteiger charge is -2.06. The van der Waals surface area contributed by atoms with Crippen LogP contribution >= 0.6 is 0 Å². The molecule has 8 N–H and O–H groups in total. The van der Waals surface area contributed by atoms with E-state index in [2.05, 4.69) is 9.98 Å². The van der Waals surface area contributed by atoms with E-state index in [1.54, 1.807) is 5.48 Å². The maximum absolute atomic E-state index is 12.6. The fourth-order valence-electron chi connectivity index (χ4n) is 1.75. The first-order valence-corrected chi connectivity index (χ1v) is 7.01. The average Bonchev–Trinajstić information content (AvgIpc) is 3.06. The van der Waals surface area contributed by atoms with E-state index in [4.69, 9.17) is 26.8 Å². The molecule has 1 heterocycles. The zero-order valence-corrected chi connectivity index (χ0v) is 13.2. The second-order valence-electron chi connectivity index (χ2n) is 4.93. The molecule has 0 aliphatic rings. The van der Waals surface area contributed by atoms with E-state index in [1.807, 2.05) is 0 Å². The Kier molecular flexibility index (Phi) is 5.52. The number of halogens is 3. The number of oxazole rings is 1. The van der Waals surface area contributed by atoms with Crippen LogP contribution in [0.1, 0.15) is 5.56 Å². The second-order valence-corrected chi connectivity index (χ2v) is 4.93. The molecule has 0 aliphatic carbocycles. The Balaban J connectivity index is 2.15. The van der Waals surface area contributed by atoms with Crippen LogP contribution in [0.4, 0.5) is 19.2 Å². The number of nitrogens with zero attached hydrogens (tertiary/aromatic N) is 2. The van der Waals surface area contributed by atoms with Crippen molar-refractivity contribution in [3.8, 4) is 11.3 Å². The summed E-state index contributed by atoms with van der Waals surface area (Å²) in [6.07, 6.45) is -0.527. The number of alkyl halides is 3. The van der Waals surface area contributed by atoms with Crippen molar-refractivity contribution in [3.63, 3.8) is 0 Å². The highest BCUT2D eigenvalue weighted by atomic mass is 19.4. The zero-order chi connectivity index (χ0) is 19.3. The van der Waals surface area contributed by atoms with E-state index in [1.165, 1.54) is 30.5 Å². The normalized spacial score (nSPS) is 13.8. The summed E-state index contributed by atoms with van der Waals surface area (Å²) in [5.74, 6) is 0.0247. The minimum absolute atomic E-state index is 0.0171. The van der Waals surface area contributed by atoms with E-state index in [-0.39, 0.29) is 29.1 Å². The van der Waals surface area contributed by atoms with Crippen molar-refractivity contribution in [2.45, 2.75) is 6.18 Å². The van der Waals surface area contributed by atoms with Crippen LogP contribution in [0.5, 0.6) is 0 Å². The van der Waals surface area contributed by atoms with Crippen molar-refractivity contribution in [2.75, 3.05) is 0 Å². The first kappa shape index (κ1) is 18.9. The molecule has 2 rings (SSSR count). The number of aliphatic imine (C=N–C) groups is 1. The quantitative estimate of drug-likeness (QED) is 0.234. The van der Waals surface area contributed by atoms with Gasteiger partial charge in [0.2, 0.25) is 0 Å². The lowest BCUT2D eigenvalue weighted by molar-refractivity contribution is -0.137. The maximum Gasteiger partial charge on any atom is 0.416 e. The number of nitrogens with one attached hydrogen (secondary N) is 1. The predicted octanol–water partition coefficient (Wildman–Crippen LogP) is 1.97. The van der Waals surface area contributed by atoms with Gasteiger partial charge in [0.05, 0.1) is 17.5 Å². The van der Waals surface area contributed by atoms with Crippen molar-refractivity contribution < 1.29 is 22.8 Å². The minimum Gasteiger partial charge on any atom is -0.422 e. The average molecular weight is 368 g/mol. The molecule has 0 amide bonds. The van der Waals surface area contributed by atoms with E-state index < -0.39 is 11.7 Å². The number of nitrogens with two attached hydrogens (primary N) is 3. The Bertz CT molecular complexity index is 853. The van der Waals surface area contributed by atoms with Gasteiger partial charge in [-0.3, -0.25) is 10.7 Å². The molecule has 1 aromatic heterocycles. The third-order valence-electron chi connectivity index (χ3n) is 3.08. The minimum atomic E-state index is -4.42. The van der Waals surface area contributed by atoms with Crippen LogP contribution in [0.3, 0.4) is 0 Å². The Morgan fingerprint density at radius 3 is 2.38 bits per heavy atom. The summed E-state index contributed by atoms with van der Waals surface area (Å²) >= 11 is 0. The molecule has 0 fully saturated rings. The number of rotatable bonds is 5. The number of hydroxylamine groups is 1. The summed E-state index contributed by atoms with van der Waals surface area (Å²) in [6, 6.07) is 4.30. The number of aromatic nitrogens is 1. The number of amidine groups is 1. The molecule has 11 heteroatoms. The van der Waals surface area contributed by atoms with Gasteiger partial charge < -0.3 is 21.6 Å². The fourth-order valence-corrected chi connectivity index (χ4v) is 1.75. The van der Waals surface area contributed by atoms with Gasteiger partial charge in [-0.2, -0.15) is 23.1 Å². The lowest BCUT2D eigenvalue weighted by Crippen LogP contribution is -2.21. The van der Waals surface area contributed by atoms with Crippen molar-refractivity contribution in [2.24, 2.45) is 22.2 Å². The number of allylic oxidation sites excluding steroid dienone is 1. The van der Waals surface area contributed by atoms with E-state index in [9.17, 15) is 13.2 Å². The molecular formula is C15H15F3N6O2. The molecule has 0 aliphatic heterocycles. The molecule has 1 aromatic carbocycles. The molecule has 138 valence electrons. The Morgan fingerprint density at radius 1 is 1.15 bits per heavy atom. The largest absolute Gasteiger partial charge is 0.422 e. The summed E-state index contributed by atoms with van der Waals surface area (Å²) in [6.45, 7) is 0. The molecule has 0 atom stereocenters. The first-order chi connectivity index (χ1) is 12.2. The summed E-state index contributed by atoms with van der Waals surface area (Å²) in [5.41, 5.74) is 17.8. The predicted molar refractivity (Wildman–Crippen MR) is 87.7 cm³/mol. The van der Waals surface area contributed by atoms with Gasteiger partial charge in [-0.1, -0.05) is 12.1 Å². The van der Waals surface area contributed by atoms with Crippen LogP contribution in [-0.4, -0.2) is 16.0 Å². The van der Waals surface area contributed by atoms with Crippen molar-refractivity contribution in [3.05, 3.63) is 59.7 Å². The van der Waals surface area contributed by atoms with Crippen LogP contribution in [-0.2, 0) is 6.18 Å². The van der Waals surface area contributed by atoms with Gasteiger partial charge in [-0.05, 0) is 24.3 Å². The second kappa shape index (κ2) is 7.61. The maximum atomic E-state index is 12.6. The highest BCUT2D eigenvalue weighted by Crippen LogP contribution is 2.31. The van der Waals surface area contributed by atoms with Gasteiger partial charge in [-0.15, -0.1) is 0 Å². The van der Waals surface area contributed by atoms with E-state index in [0.717, 1.165) is 12.1 Å². The standard InChI is InChI=1S/C15H15F3N6O2/c16-15(17,18)9-3-1-8(2-4-9)11-7-22-14(26-11)23-12(20)6-5-10(19)13(21)24-25/h1-7,24-25H,19,21H2,(H2,20,22,23). The number of hydrogen-bond acceptors (Lipinski definition) is 7. The van der Waals surface area contributed by atoms with Gasteiger partial charge in [0.15, 0.2) is 5.76 Å². The first-order valence-electron chi connectivity index (χ1n) is 7.01. The summed E-state index contributed by atoms with van der Waals surface area (Å²) < 4.78 is 43.0. The van der Waals surface area contributed by atoms with Crippen molar-refractivity contribution in [1.29, 1.82) is 0 Å². The molecule has 26 heavy (non-hydrogen) atoms. The van der Waals surface area contributed by atoms with Crippen LogP contribution in [0.25, 0.3) is 11.3 Å². The van der Waals surface area contributed by atoms with Crippen LogP contribution in [0, 0.1) is 0 Å². The van der Waals surface area contributed by atoms with E-state index >= 15 is 0 Å². The number of hydrogen-bond donors (Lipinski definition) is 5. The summed E-state index contributed by atoms with van der Waals surface area (Å²) in [4.78, 5) is 7.74. The smallest absolute Gasteiger partial charge is 0.416 e. The lowest BCUT2D eigenvalue weighted by atomic mass is 10.1. The third kappa shape index (κ3) is 4.77. The molecule has 2 aromatic rings. The number of benzene rings is 1. The Morgan fingerprint density at radius 2 is 1.81 bits per heavy atom. The summed E-state index contributed by atoms with van der Waals surface area (Å²) in [5, 5.41) is 8.58. The van der Waals surface area contributed by atoms with Gasteiger partial charge >= 0.3 is 12.2 Å². The van der Waals surface area contributed by atoms with E-state index in [0.29, 0.717) is 5.56 Å².